The van der Waals surface area contributed by atoms with Gasteiger partial charge in [0.25, 0.3) is 5.91 Å². The zero-order valence-electron chi connectivity index (χ0n) is 10.9. The van der Waals surface area contributed by atoms with Crippen molar-refractivity contribution in [1.29, 1.82) is 0 Å². The lowest BCUT2D eigenvalue weighted by atomic mass is 10.3. The predicted molar refractivity (Wildman–Crippen MR) is 74.5 cm³/mol. The van der Waals surface area contributed by atoms with Crippen LogP contribution in [0.25, 0.3) is 0 Å². The minimum atomic E-state index is -0.305. The lowest BCUT2D eigenvalue weighted by molar-refractivity contribution is -0.120. The molecule has 0 unspecified atom stereocenters. The summed E-state index contributed by atoms with van der Waals surface area (Å²) in [4.78, 5) is 22.8. The van der Waals surface area contributed by atoms with E-state index in [1.165, 1.54) is 6.26 Å². The molecule has 19 heavy (non-hydrogen) atoms. The number of hydrogen-bond acceptors (Lipinski definition) is 4. The number of hydrogen-bond donors (Lipinski definition) is 3. The van der Waals surface area contributed by atoms with E-state index in [9.17, 15) is 9.59 Å². The smallest absolute Gasteiger partial charge is 0.286 e. The number of furan rings is 1. The van der Waals surface area contributed by atoms with Gasteiger partial charge in [0.05, 0.1) is 6.26 Å². The molecular formula is C12H20ClN3O3. The molecule has 1 rings (SSSR count). The van der Waals surface area contributed by atoms with Gasteiger partial charge in [-0.1, -0.05) is 6.92 Å². The van der Waals surface area contributed by atoms with Crippen LogP contribution in [-0.2, 0) is 4.79 Å². The summed E-state index contributed by atoms with van der Waals surface area (Å²) in [5.41, 5.74) is 0. The molecule has 0 spiro atoms. The van der Waals surface area contributed by atoms with E-state index in [4.69, 9.17) is 4.42 Å². The molecule has 0 aliphatic carbocycles. The highest BCUT2D eigenvalue weighted by molar-refractivity contribution is 5.91. The van der Waals surface area contributed by atoms with Crippen LogP contribution < -0.4 is 16.0 Å². The van der Waals surface area contributed by atoms with Crippen molar-refractivity contribution < 1.29 is 14.0 Å². The minimum absolute atomic E-state index is 0. The van der Waals surface area contributed by atoms with Crippen molar-refractivity contribution in [2.24, 2.45) is 0 Å². The van der Waals surface area contributed by atoms with Crippen LogP contribution in [0, 0.1) is 0 Å². The van der Waals surface area contributed by atoms with Gasteiger partial charge in [-0.05, 0) is 18.7 Å². The van der Waals surface area contributed by atoms with Gasteiger partial charge < -0.3 is 20.4 Å². The van der Waals surface area contributed by atoms with Gasteiger partial charge in [-0.15, -0.1) is 12.4 Å². The quantitative estimate of drug-likeness (QED) is 0.610. The van der Waals surface area contributed by atoms with Gasteiger partial charge in [-0.25, -0.2) is 0 Å². The van der Waals surface area contributed by atoms with Crippen molar-refractivity contribution >= 4 is 24.2 Å². The van der Waals surface area contributed by atoms with Crippen LogP contribution in [0.2, 0.25) is 0 Å². The summed E-state index contributed by atoms with van der Waals surface area (Å²) in [5, 5.41) is 8.46. The van der Waals surface area contributed by atoms with Crippen molar-refractivity contribution in [3.63, 3.8) is 0 Å². The Morgan fingerprint density at radius 3 is 2.63 bits per heavy atom. The average molecular weight is 290 g/mol. The van der Waals surface area contributed by atoms with Crippen LogP contribution in [-0.4, -0.2) is 38.0 Å². The summed E-state index contributed by atoms with van der Waals surface area (Å²) < 4.78 is 4.92. The molecule has 3 N–H and O–H groups in total. The Bertz CT molecular complexity index is 368. The number of likely N-dealkylation sites (N-methyl/N-ethyl adjacent to an activating group) is 1. The standard InChI is InChI=1S/C12H19N3O3.ClH/c1-2-13-7-8-14-11(16)5-6-15-12(17)10-4-3-9-18-10;/h3-4,9,13H,2,5-8H2,1H3,(H,14,16)(H,15,17);1H. The molecule has 0 aliphatic heterocycles. The number of halogens is 1. The monoisotopic (exact) mass is 289 g/mol. The fourth-order valence-corrected chi connectivity index (χ4v) is 1.34. The first-order chi connectivity index (χ1) is 8.74. The van der Waals surface area contributed by atoms with E-state index < -0.39 is 0 Å². The van der Waals surface area contributed by atoms with E-state index in [2.05, 4.69) is 16.0 Å². The highest BCUT2D eigenvalue weighted by Crippen LogP contribution is 1.98. The van der Waals surface area contributed by atoms with E-state index in [0.29, 0.717) is 13.1 Å². The van der Waals surface area contributed by atoms with Gasteiger partial charge in [0.15, 0.2) is 5.76 Å². The van der Waals surface area contributed by atoms with Gasteiger partial charge >= 0.3 is 0 Å². The summed E-state index contributed by atoms with van der Waals surface area (Å²) in [6.45, 7) is 4.54. The largest absolute Gasteiger partial charge is 0.459 e. The molecule has 2 amide bonds. The fraction of sp³-hybridized carbons (Fsp3) is 0.500. The summed E-state index contributed by atoms with van der Waals surface area (Å²) in [7, 11) is 0. The van der Waals surface area contributed by atoms with Gasteiger partial charge in [-0.2, -0.15) is 0 Å². The van der Waals surface area contributed by atoms with Crippen LogP contribution >= 0.6 is 12.4 Å². The third-order valence-corrected chi connectivity index (χ3v) is 2.26. The van der Waals surface area contributed by atoms with E-state index in [1.807, 2.05) is 6.92 Å². The fourth-order valence-electron chi connectivity index (χ4n) is 1.34. The molecule has 1 aromatic heterocycles. The number of nitrogens with one attached hydrogen (secondary N) is 3. The third kappa shape index (κ3) is 7.48. The molecular weight excluding hydrogens is 270 g/mol. The van der Waals surface area contributed by atoms with Crippen LogP contribution in [0.1, 0.15) is 23.9 Å². The maximum absolute atomic E-state index is 11.4. The second kappa shape index (κ2) is 10.4. The van der Waals surface area contributed by atoms with Gasteiger partial charge in [0, 0.05) is 26.1 Å². The van der Waals surface area contributed by atoms with E-state index in [-0.39, 0.29) is 36.4 Å². The molecule has 108 valence electrons. The highest BCUT2D eigenvalue weighted by Gasteiger charge is 2.08. The lowest BCUT2D eigenvalue weighted by Crippen LogP contribution is -2.34. The number of amides is 2. The zero-order valence-corrected chi connectivity index (χ0v) is 11.7. The Balaban J connectivity index is 0.00000324. The molecule has 0 fully saturated rings. The SMILES string of the molecule is CCNCCNC(=O)CCNC(=O)c1ccco1.Cl. The number of rotatable bonds is 8. The first-order valence-corrected chi connectivity index (χ1v) is 6.03. The number of carbonyl (C=O) groups excluding carboxylic acids is 2. The molecule has 1 aromatic rings. The Morgan fingerprint density at radius 1 is 1.21 bits per heavy atom. The first-order valence-electron chi connectivity index (χ1n) is 6.03. The maximum Gasteiger partial charge on any atom is 0.286 e. The van der Waals surface area contributed by atoms with Gasteiger partial charge in [-0.3, -0.25) is 9.59 Å². The first kappa shape index (κ1) is 17.5. The van der Waals surface area contributed by atoms with Crippen molar-refractivity contribution in [2.45, 2.75) is 13.3 Å². The van der Waals surface area contributed by atoms with E-state index in [1.54, 1.807) is 12.1 Å². The zero-order chi connectivity index (χ0) is 13.2. The Morgan fingerprint density at radius 2 is 2.00 bits per heavy atom. The van der Waals surface area contributed by atoms with Crippen molar-refractivity contribution in [2.75, 3.05) is 26.2 Å². The lowest BCUT2D eigenvalue weighted by Gasteiger charge is -2.06. The van der Waals surface area contributed by atoms with Gasteiger partial charge in [0.2, 0.25) is 5.91 Å². The third-order valence-electron chi connectivity index (χ3n) is 2.26. The Hall–Kier alpha value is -1.53. The van der Waals surface area contributed by atoms with Crippen molar-refractivity contribution in [3.8, 4) is 0 Å². The molecule has 0 radical (unpaired) electrons. The highest BCUT2D eigenvalue weighted by atomic mass is 35.5. The summed E-state index contributed by atoms with van der Waals surface area (Å²) in [6, 6.07) is 3.22. The summed E-state index contributed by atoms with van der Waals surface area (Å²) in [6.07, 6.45) is 1.70. The molecule has 0 atom stereocenters. The molecule has 0 aromatic carbocycles. The molecule has 0 aliphatic rings. The maximum atomic E-state index is 11.4. The Labute approximate surface area is 118 Å². The summed E-state index contributed by atoms with van der Waals surface area (Å²) in [5.74, 6) is -0.129. The normalized spacial score (nSPS) is 9.53. The van der Waals surface area contributed by atoms with Crippen molar-refractivity contribution in [3.05, 3.63) is 24.2 Å². The van der Waals surface area contributed by atoms with Crippen LogP contribution in [0.15, 0.2) is 22.8 Å². The second-order valence-electron chi connectivity index (χ2n) is 3.69. The molecule has 1 heterocycles. The second-order valence-corrected chi connectivity index (χ2v) is 3.69. The summed E-state index contributed by atoms with van der Waals surface area (Å²) >= 11 is 0. The molecule has 0 saturated carbocycles. The molecule has 7 heteroatoms. The Kier molecular flexibility index (Phi) is 9.56. The van der Waals surface area contributed by atoms with E-state index in [0.717, 1.165) is 13.1 Å². The minimum Gasteiger partial charge on any atom is -0.459 e. The van der Waals surface area contributed by atoms with Crippen LogP contribution in [0.3, 0.4) is 0 Å². The van der Waals surface area contributed by atoms with Crippen LogP contribution in [0.4, 0.5) is 0 Å². The van der Waals surface area contributed by atoms with E-state index >= 15 is 0 Å². The van der Waals surface area contributed by atoms with Crippen molar-refractivity contribution in [1.82, 2.24) is 16.0 Å². The molecule has 6 nitrogen and oxygen atoms in total. The molecule has 0 saturated heterocycles. The number of carbonyl (C=O) groups is 2. The molecule has 0 bridgehead atoms. The van der Waals surface area contributed by atoms with Crippen LogP contribution in [0.5, 0.6) is 0 Å². The topological polar surface area (TPSA) is 83.4 Å². The predicted octanol–water partition coefficient (Wildman–Crippen LogP) is 0.547. The van der Waals surface area contributed by atoms with Gasteiger partial charge in [0.1, 0.15) is 0 Å². The average Bonchev–Trinajstić information content (AvgIpc) is 2.88.